The van der Waals surface area contributed by atoms with Gasteiger partial charge in [-0.2, -0.15) is 13.2 Å². The highest BCUT2D eigenvalue weighted by Gasteiger charge is 2.34. The largest absolute Gasteiger partial charge is 0.420 e. The SMILES string of the molecule is OCc1ccc(Nc2ncc(C(F)(F)F)c(Cl)n2)cc1. The lowest BCUT2D eigenvalue weighted by atomic mass is 10.2. The lowest BCUT2D eigenvalue weighted by Crippen LogP contribution is -2.09. The van der Waals surface area contributed by atoms with Gasteiger partial charge in [0, 0.05) is 11.9 Å². The molecular weight excluding hydrogens is 295 g/mol. The number of nitrogens with one attached hydrogen (secondary N) is 1. The molecule has 8 heteroatoms. The van der Waals surface area contributed by atoms with Crippen LogP contribution < -0.4 is 5.32 Å². The lowest BCUT2D eigenvalue weighted by Gasteiger charge is -2.10. The Labute approximate surface area is 117 Å². The number of hydrogen-bond donors (Lipinski definition) is 2. The fraction of sp³-hybridized carbons (Fsp3) is 0.167. The van der Waals surface area contributed by atoms with Crippen molar-refractivity contribution in [3.8, 4) is 0 Å². The summed E-state index contributed by atoms with van der Waals surface area (Å²) in [5.41, 5.74) is 0.195. The van der Waals surface area contributed by atoms with Crippen molar-refractivity contribution in [3.63, 3.8) is 0 Å². The molecule has 0 bridgehead atoms. The van der Waals surface area contributed by atoms with Crippen molar-refractivity contribution in [1.82, 2.24) is 9.97 Å². The fourth-order valence-corrected chi connectivity index (χ4v) is 1.67. The van der Waals surface area contributed by atoms with Crippen molar-refractivity contribution in [2.45, 2.75) is 12.8 Å². The topological polar surface area (TPSA) is 58.0 Å². The molecule has 106 valence electrons. The zero-order valence-corrected chi connectivity index (χ0v) is 10.7. The molecule has 0 saturated heterocycles. The van der Waals surface area contributed by atoms with Crippen LogP contribution in [0.15, 0.2) is 30.5 Å². The zero-order valence-electron chi connectivity index (χ0n) is 9.95. The second-order valence-corrected chi connectivity index (χ2v) is 4.23. The Morgan fingerprint density at radius 2 is 1.85 bits per heavy atom. The fourth-order valence-electron chi connectivity index (χ4n) is 1.43. The third-order valence-electron chi connectivity index (χ3n) is 2.44. The Morgan fingerprint density at radius 1 is 1.20 bits per heavy atom. The van der Waals surface area contributed by atoms with E-state index in [0.29, 0.717) is 17.4 Å². The third-order valence-corrected chi connectivity index (χ3v) is 2.73. The van der Waals surface area contributed by atoms with Gasteiger partial charge in [0.2, 0.25) is 5.95 Å². The van der Waals surface area contributed by atoms with Crippen LogP contribution >= 0.6 is 11.6 Å². The average Bonchev–Trinajstić information content (AvgIpc) is 2.38. The molecule has 1 heterocycles. The minimum absolute atomic E-state index is 0.0419. The van der Waals surface area contributed by atoms with Crippen LogP contribution in [0.4, 0.5) is 24.8 Å². The van der Waals surface area contributed by atoms with Crippen LogP contribution in [0.1, 0.15) is 11.1 Å². The van der Waals surface area contributed by atoms with E-state index in [1.54, 1.807) is 24.3 Å². The quantitative estimate of drug-likeness (QED) is 0.853. The number of rotatable bonds is 3. The molecule has 0 unspecified atom stereocenters. The van der Waals surface area contributed by atoms with E-state index in [1.807, 2.05) is 0 Å². The summed E-state index contributed by atoms with van der Waals surface area (Å²) in [7, 11) is 0. The van der Waals surface area contributed by atoms with Gasteiger partial charge in [-0.3, -0.25) is 0 Å². The number of benzene rings is 1. The number of aromatic nitrogens is 2. The maximum atomic E-state index is 12.5. The number of alkyl halides is 3. The summed E-state index contributed by atoms with van der Waals surface area (Å²) in [5, 5.41) is 10.9. The maximum Gasteiger partial charge on any atom is 0.420 e. The second-order valence-electron chi connectivity index (χ2n) is 3.88. The molecule has 0 spiro atoms. The molecule has 0 aliphatic heterocycles. The Hall–Kier alpha value is -1.86. The van der Waals surface area contributed by atoms with E-state index in [-0.39, 0.29) is 12.6 Å². The van der Waals surface area contributed by atoms with Gasteiger partial charge in [0.1, 0.15) is 10.7 Å². The highest BCUT2D eigenvalue weighted by Crippen LogP contribution is 2.33. The Balaban J connectivity index is 2.19. The van der Waals surface area contributed by atoms with Gasteiger partial charge in [0.15, 0.2) is 0 Å². The van der Waals surface area contributed by atoms with Crippen LogP contribution in [-0.2, 0) is 12.8 Å². The molecule has 20 heavy (non-hydrogen) atoms. The van der Waals surface area contributed by atoms with Crippen LogP contribution in [0.3, 0.4) is 0 Å². The molecular formula is C12H9ClF3N3O. The van der Waals surface area contributed by atoms with E-state index >= 15 is 0 Å². The van der Waals surface area contributed by atoms with Gasteiger partial charge in [-0.25, -0.2) is 9.97 Å². The van der Waals surface area contributed by atoms with E-state index < -0.39 is 16.9 Å². The van der Waals surface area contributed by atoms with Gasteiger partial charge in [-0.1, -0.05) is 23.7 Å². The molecule has 0 fully saturated rings. The van der Waals surface area contributed by atoms with E-state index in [2.05, 4.69) is 15.3 Å². The molecule has 2 N–H and O–H groups in total. The van der Waals surface area contributed by atoms with Gasteiger partial charge < -0.3 is 10.4 Å². The molecule has 0 saturated carbocycles. The van der Waals surface area contributed by atoms with Crippen LogP contribution in [0.25, 0.3) is 0 Å². The number of aliphatic hydroxyl groups excluding tert-OH is 1. The van der Waals surface area contributed by atoms with Gasteiger partial charge in [-0.05, 0) is 17.7 Å². The predicted molar refractivity (Wildman–Crippen MR) is 67.7 cm³/mol. The molecule has 4 nitrogen and oxygen atoms in total. The highest BCUT2D eigenvalue weighted by molar-refractivity contribution is 6.30. The van der Waals surface area contributed by atoms with Crippen molar-refractivity contribution in [3.05, 3.63) is 46.7 Å². The molecule has 0 atom stereocenters. The predicted octanol–water partition coefficient (Wildman–Crippen LogP) is 3.38. The van der Waals surface area contributed by atoms with Gasteiger partial charge in [0.25, 0.3) is 0 Å². The minimum Gasteiger partial charge on any atom is -0.392 e. The van der Waals surface area contributed by atoms with Crippen LogP contribution in [0.5, 0.6) is 0 Å². The summed E-state index contributed by atoms with van der Waals surface area (Å²) in [6, 6.07) is 6.60. The van der Waals surface area contributed by atoms with Crippen LogP contribution in [0, 0.1) is 0 Å². The van der Waals surface area contributed by atoms with Crippen molar-refractivity contribution < 1.29 is 18.3 Å². The molecule has 1 aromatic heterocycles. The molecule has 2 aromatic rings. The summed E-state index contributed by atoms with van der Waals surface area (Å²) in [6.07, 6.45) is -3.96. The van der Waals surface area contributed by atoms with E-state index in [9.17, 15) is 13.2 Å². The van der Waals surface area contributed by atoms with E-state index in [1.165, 1.54) is 0 Å². The number of nitrogens with zero attached hydrogens (tertiary/aromatic N) is 2. The van der Waals surface area contributed by atoms with Crippen molar-refractivity contribution >= 4 is 23.2 Å². The van der Waals surface area contributed by atoms with Gasteiger partial charge >= 0.3 is 6.18 Å². The summed E-state index contributed by atoms with van der Waals surface area (Å²) in [6.45, 7) is -0.0944. The molecule has 2 rings (SSSR count). The summed E-state index contributed by atoms with van der Waals surface area (Å²) >= 11 is 5.48. The Morgan fingerprint density at radius 3 is 2.35 bits per heavy atom. The first-order valence-corrected chi connectivity index (χ1v) is 5.84. The Bertz CT molecular complexity index is 602. The normalized spacial score (nSPS) is 11.4. The third kappa shape index (κ3) is 3.37. The van der Waals surface area contributed by atoms with Crippen molar-refractivity contribution in [2.75, 3.05) is 5.32 Å². The van der Waals surface area contributed by atoms with Crippen molar-refractivity contribution in [1.29, 1.82) is 0 Å². The average molecular weight is 304 g/mol. The number of anilines is 2. The standard InChI is InChI=1S/C12H9ClF3N3O/c13-10-9(12(14,15)16)5-17-11(19-10)18-8-3-1-7(6-20)2-4-8/h1-5,20H,6H2,(H,17,18,19). The van der Waals surface area contributed by atoms with Crippen LogP contribution in [0.2, 0.25) is 5.15 Å². The molecule has 0 amide bonds. The molecule has 0 aliphatic rings. The Kier molecular flexibility index (Phi) is 4.10. The second kappa shape index (κ2) is 5.64. The maximum absolute atomic E-state index is 12.5. The first-order valence-electron chi connectivity index (χ1n) is 5.46. The number of halogens is 4. The molecule has 1 aromatic carbocycles. The van der Waals surface area contributed by atoms with E-state index in [4.69, 9.17) is 16.7 Å². The smallest absolute Gasteiger partial charge is 0.392 e. The monoisotopic (exact) mass is 303 g/mol. The first kappa shape index (κ1) is 14.5. The minimum atomic E-state index is -4.58. The summed E-state index contributed by atoms with van der Waals surface area (Å²) in [4.78, 5) is 7.12. The zero-order chi connectivity index (χ0) is 14.8. The van der Waals surface area contributed by atoms with Gasteiger partial charge in [0.05, 0.1) is 6.61 Å². The summed E-state index contributed by atoms with van der Waals surface area (Å²) < 4.78 is 37.4. The summed E-state index contributed by atoms with van der Waals surface area (Å²) in [5.74, 6) is -0.0419. The molecule has 0 radical (unpaired) electrons. The van der Waals surface area contributed by atoms with Gasteiger partial charge in [-0.15, -0.1) is 0 Å². The number of aliphatic hydroxyl groups is 1. The van der Waals surface area contributed by atoms with E-state index in [0.717, 1.165) is 0 Å². The van der Waals surface area contributed by atoms with Crippen molar-refractivity contribution in [2.24, 2.45) is 0 Å². The van der Waals surface area contributed by atoms with Crippen LogP contribution in [-0.4, -0.2) is 15.1 Å². The lowest BCUT2D eigenvalue weighted by molar-refractivity contribution is -0.137. The molecule has 0 aliphatic carbocycles. The number of hydrogen-bond acceptors (Lipinski definition) is 4. The first-order chi connectivity index (χ1) is 9.40. The highest BCUT2D eigenvalue weighted by atomic mass is 35.5.